The van der Waals surface area contributed by atoms with Gasteiger partial charge >= 0.3 is 0 Å². The molecule has 0 bridgehead atoms. The van der Waals surface area contributed by atoms with Crippen LogP contribution < -0.4 is 9.47 Å². The van der Waals surface area contributed by atoms with E-state index >= 15 is 0 Å². The van der Waals surface area contributed by atoms with Crippen molar-refractivity contribution in [2.75, 3.05) is 7.11 Å². The Kier molecular flexibility index (Phi) is 6.49. The minimum atomic E-state index is 0.407. The topological polar surface area (TPSA) is 60.0 Å². The van der Waals surface area contributed by atoms with E-state index < -0.39 is 0 Å². The summed E-state index contributed by atoms with van der Waals surface area (Å²) < 4.78 is 12.7. The predicted octanol–water partition coefficient (Wildman–Crippen LogP) is 6.95. The molecular weight excluding hydrogens is 442 g/mol. The Morgan fingerprint density at radius 3 is 2.68 bits per heavy atom. The Bertz CT molecular complexity index is 1420. The van der Waals surface area contributed by atoms with Crippen molar-refractivity contribution >= 4 is 45.7 Å². The van der Waals surface area contributed by atoms with Crippen molar-refractivity contribution in [2.45, 2.75) is 6.61 Å². The third-order valence-corrected chi connectivity index (χ3v) is 6.32. The number of H-pyrrole nitrogens is 1. The summed E-state index contributed by atoms with van der Waals surface area (Å²) >= 11 is 1.78. The third-order valence-electron chi connectivity index (χ3n) is 5.24. The van der Waals surface area contributed by atoms with Crippen LogP contribution in [0.5, 0.6) is 11.5 Å². The van der Waals surface area contributed by atoms with Gasteiger partial charge < -0.3 is 9.47 Å². The smallest absolute Gasteiger partial charge is 0.130 e. The van der Waals surface area contributed by atoms with E-state index in [2.05, 4.69) is 51.6 Å². The molecule has 0 saturated carbocycles. The van der Waals surface area contributed by atoms with E-state index in [1.54, 1.807) is 24.6 Å². The molecule has 0 radical (unpaired) electrons. The normalized spacial score (nSPS) is 11.6. The van der Waals surface area contributed by atoms with Gasteiger partial charge in [0.15, 0.2) is 0 Å². The van der Waals surface area contributed by atoms with Gasteiger partial charge in [-0.05, 0) is 72.2 Å². The molecule has 0 aliphatic carbocycles. The van der Waals surface area contributed by atoms with Gasteiger partial charge in [0.2, 0.25) is 0 Å². The maximum atomic E-state index is 5.85. The van der Waals surface area contributed by atoms with Crippen molar-refractivity contribution in [3.63, 3.8) is 0 Å². The molecule has 0 saturated heterocycles. The summed E-state index contributed by atoms with van der Waals surface area (Å²) in [7, 11) is 1.65. The first-order valence-corrected chi connectivity index (χ1v) is 11.7. The van der Waals surface area contributed by atoms with Crippen LogP contribution in [-0.4, -0.2) is 22.3 Å². The number of aromatic amines is 1. The Hall–Kier alpha value is -4.16. The lowest BCUT2D eigenvalue weighted by Crippen LogP contribution is -1.98. The Balaban J connectivity index is 1.24. The summed E-state index contributed by atoms with van der Waals surface area (Å²) in [6.07, 6.45) is 9.85. The van der Waals surface area contributed by atoms with Gasteiger partial charge in [-0.2, -0.15) is 5.10 Å². The number of rotatable bonds is 8. The lowest BCUT2D eigenvalue weighted by molar-refractivity contribution is 0.299. The largest absolute Gasteiger partial charge is 0.496 e. The van der Waals surface area contributed by atoms with E-state index in [9.17, 15) is 0 Å². The number of hydrogen-bond acceptors (Lipinski definition) is 5. The number of ether oxygens (including phenoxy) is 2. The number of fused-ring (bicyclic) bond motifs is 1. The molecule has 0 spiro atoms. The number of nitrogens with one attached hydrogen (secondary N) is 1. The summed E-state index contributed by atoms with van der Waals surface area (Å²) in [6.45, 7) is 0.407. The number of aromatic nitrogens is 3. The van der Waals surface area contributed by atoms with Gasteiger partial charge in [-0.1, -0.05) is 24.3 Å². The second-order valence-corrected chi connectivity index (χ2v) is 8.73. The molecule has 6 heteroatoms. The summed E-state index contributed by atoms with van der Waals surface area (Å²) in [5.41, 5.74) is 3.61. The fraction of sp³-hybridized carbons (Fsp3) is 0.0714. The van der Waals surface area contributed by atoms with Crippen LogP contribution in [0, 0.1) is 0 Å². The summed E-state index contributed by atoms with van der Waals surface area (Å²) in [5, 5.41) is 8.73. The van der Waals surface area contributed by atoms with Crippen molar-refractivity contribution in [3.8, 4) is 11.5 Å². The Morgan fingerprint density at radius 2 is 1.82 bits per heavy atom. The van der Waals surface area contributed by atoms with Gasteiger partial charge in [0.25, 0.3) is 0 Å². The zero-order valence-corrected chi connectivity index (χ0v) is 19.5. The highest BCUT2D eigenvalue weighted by molar-refractivity contribution is 7.19. The minimum Gasteiger partial charge on any atom is -0.496 e. The molecule has 34 heavy (non-hydrogen) atoms. The van der Waals surface area contributed by atoms with Gasteiger partial charge in [0.05, 0.1) is 24.2 Å². The summed E-state index contributed by atoms with van der Waals surface area (Å²) in [5.74, 6) is 1.46. The molecule has 0 unspecified atom stereocenters. The first kappa shape index (κ1) is 21.7. The van der Waals surface area contributed by atoms with Crippen molar-refractivity contribution in [1.29, 1.82) is 0 Å². The second kappa shape index (κ2) is 10.2. The fourth-order valence-corrected chi connectivity index (χ4v) is 4.48. The van der Waals surface area contributed by atoms with Gasteiger partial charge in [-0.3, -0.25) is 10.1 Å². The average Bonchev–Trinajstić information content (AvgIpc) is 3.52. The molecular formula is C28H23N3O2S. The second-order valence-electron chi connectivity index (χ2n) is 7.61. The lowest BCUT2D eigenvalue weighted by atomic mass is 10.1. The number of nitrogens with zero attached hydrogens (tertiary/aromatic N) is 2. The van der Waals surface area contributed by atoms with Crippen LogP contribution in [0.1, 0.15) is 27.5 Å². The number of hydrogen-bond donors (Lipinski definition) is 1. The van der Waals surface area contributed by atoms with Gasteiger partial charge in [0, 0.05) is 27.4 Å². The number of thiophene rings is 1. The van der Waals surface area contributed by atoms with E-state index in [1.807, 2.05) is 60.7 Å². The minimum absolute atomic E-state index is 0.407. The molecule has 5 rings (SSSR count). The highest BCUT2D eigenvalue weighted by atomic mass is 32.1. The van der Waals surface area contributed by atoms with Gasteiger partial charge in [0.1, 0.15) is 18.1 Å². The molecule has 1 N–H and O–H groups in total. The van der Waals surface area contributed by atoms with E-state index in [-0.39, 0.29) is 0 Å². The van der Waals surface area contributed by atoms with Crippen LogP contribution in [0.3, 0.4) is 0 Å². The molecule has 0 aliphatic heterocycles. The molecule has 0 amide bonds. The first-order chi connectivity index (χ1) is 16.8. The summed E-state index contributed by atoms with van der Waals surface area (Å²) in [4.78, 5) is 5.49. The van der Waals surface area contributed by atoms with Crippen LogP contribution in [0.4, 0.5) is 0 Å². The zero-order valence-electron chi connectivity index (χ0n) is 18.6. The Labute approximate surface area is 202 Å². The maximum absolute atomic E-state index is 5.85. The maximum Gasteiger partial charge on any atom is 0.130 e. The van der Waals surface area contributed by atoms with Crippen molar-refractivity contribution in [2.24, 2.45) is 0 Å². The predicted molar refractivity (Wildman–Crippen MR) is 140 cm³/mol. The van der Waals surface area contributed by atoms with E-state index in [0.717, 1.165) is 34.1 Å². The molecule has 0 fully saturated rings. The van der Waals surface area contributed by atoms with Crippen LogP contribution >= 0.6 is 11.3 Å². The third kappa shape index (κ3) is 5.24. The van der Waals surface area contributed by atoms with Crippen molar-refractivity contribution < 1.29 is 9.47 Å². The van der Waals surface area contributed by atoms with Crippen LogP contribution in [0.25, 0.3) is 34.4 Å². The number of pyridine rings is 1. The highest BCUT2D eigenvalue weighted by Crippen LogP contribution is 2.28. The monoisotopic (exact) mass is 465 g/mol. The summed E-state index contributed by atoms with van der Waals surface area (Å²) in [6, 6.07) is 24.2. The SMILES string of the molecule is COc1cc(OCc2ccccn2)ccc1/C=C/c1cc(/C=C/c2cc3ccccc3s2)[nH]n1. The van der Waals surface area contributed by atoms with E-state index in [4.69, 9.17) is 9.47 Å². The quantitative estimate of drug-likeness (QED) is 0.269. The first-order valence-electron chi connectivity index (χ1n) is 10.9. The highest BCUT2D eigenvalue weighted by Gasteiger charge is 2.05. The Morgan fingerprint density at radius 1 is 0.912 bits per heavy atom. The molecule has 3 heterocycles. The molecule has 2 aromatic carbocycles. The van der Waals surface area contributed by atoms with Crippen LogP contribution in [0.2, 0.25) is 0 Å². The van der Waals surface area contributed by atoms with Gasteiger partial charge in [-0.15, -0.1) is 11.3 Å². The number of benzene rings is 2. The molecule has 5 aromatic rings. The lowest BCUT2D eigenvalue weighted by Gasteiger charge is -2.09. The van der Waals surface area contributed by atoms with Crippen LogP contribution in [0.15, 0.2) is 79.0 Å². The number of methoxy groups -OCH3 is 1. The molecule has 168 valence electrons. The molecule has 3 aromatic heterocycles. The molecule has 0 aliphatic rings. The van der Waals surface area contributed by atoms with E-state index in [1.165, 1.54) is 15.0 Å². The zero-order chi connectivity index (χ0) is 23.2. The molecule has 5 nitrogen and oxygen atoms in total. The van der Waals surface area contributed by atoms with Crippen molar-refractivity contribution in [3.05, 3.63) is 107 Å². The van der Waals surface area contributed by atoms with Gasteiger partial charge in [-0.25, -0.2) is 0 Å². The van der Waals surface area contributed by atoms with E-state index in [0.29, 0.717) is 6.61 Å². The fourth-order valence-electron chi connectivity index (χ4n) is 3.52. The van der Waals surface area contributed by atoms with Crippen molar-refractivity contribution in [1.82, 2.24) is 15.2 Å². The standard InChI is InChI=1S/C28H23N3O2S/c1-32-27-18-25(33-19-24-7-4-5-15-29-24)13-10-20(27)9-11-22-17-23(31-30-22)12-14-26-16-21-6-2-3-8-28(21)34-26/h2-18H,19H2,1H3,(H,30,31)/b11-9+,14-12+. The van der Waals surface area contributed by atoms with Crippen LogP contribution in [-0.2, 0) is 6.61 Å². The molecule has 0 atom stereocenters. The average molecular weight is 466 g/mol.